The van der Waals surface area contributed by atoms with E-state index in [-0.39, 0.29) is 25.1 Å². The molecule has 0 aliphatic carbocycles. The Morgan fingerprint density at radius 3 is 2.65 bits per heavy atom. The van der Waals surface area contributed by atoms with E-state index in [1.165, 1.54) is 14.0 Å². The number of anilines is 2. The normalized spacial score (nSPS) is 14.1. The largest absolute Gasteiger partial charge is 0.496 e. The van der Waals surface area contributed by atoms with Gasteiger partial charge in [-0.3, -0.25) is 14.8 Å². The molecule has 1 fully saturated rings. The van der Waals surface area contributed by atoms with Gasteiger partial charge >= 0.3 is 12.1 Å². The van der Waals surface area contributed by atoms with Crippen molar-refractivity contribution in [3.8, 4) is 5.75 Å². The molecule has 0 radical (unpaired) electrons. The van der Waals surface area contributed by atoms with Gasteiger partial charge in [0.15, 0.2) is 16.0 Å². The lowest BCUT2D eigenvalue weighted by molar-refractivity contribution is -0.216. The predicted molar refractivity (Wildman–Crippen MR) is 139 cm³/mol. The Balaban J connectivity index is 1.72. The molecule has 13 heteroatoms. The lowest BCUT2D eigenvalue weighted by Gasteiger charge is -2.40. The highest BCUT2D eigenvalue weighted by molar-refractivity contribution is 9.10. The first-order valence-electron chi connectivity index (χ1n) is 11.8. The highest BCUT2D eigenvalue weighted by Crippen LogP contribution is 2.37. The molecular weight excluding hydrogens is 548 g/mol. The number of esters is 1. The Labute approximate surface area is 222 Å². The van der Waals surface area contributed by atoms with Crippen LogP contribution in [0, 0.1) is 0 Å². The zero-order valence-electron chi connectivity index (χ0n) is 21.1. The number of fused-ring (bicyclic) bond motifs is 1. The van der Waals surface area contributed by atoms with E-state index in [2.05, 4.69) is 53.3 Å². The van der Waals surface area contributed by atoms with Crippen LogP contribution in [0.25, 0.3) is 11.0 Å². The van der Waals surface area contributed by atoms with E-state index in [0.717, 1.165) is 24.0 Å². The molecule has 12 nitrogen and oxygen atoms in total. The number of hydrogen-bond acceptors (Lipinski definition) is 10. The van der Waals surface area contributed by atoms with E-state index >= 15 is 0 Å². The van der Waals surface area contributed by atoms with Gasteiger partial charge in [-0.15, -0.1) is 0 Å². The van der Waals surface area contributed by atoms with Crippen molar-refractivity contribution in [3.63, 3.8) is 0 Å². The van der Waals surface area contributed by atoms with Gasteiger partial charge in [0.25, 0.3) is 0 Å². The van der Waals surface area contributed by atoms with Gasteiger partial charge in [0, 0.05) is 24.6 Å². The molecule has 4 rings (SSSR count). The standard InChI is InChI=1S/C24H29BrN6O6/c1-5-6-9-26-21-19-18(27-22(28-21)29-23(33)35-4)20(25)30-31(19)11-15-7-8-16(10-17(15)34-3)24(12-36-13-24)37-14(2)32/h7-8,10H,5-6,9,11-13H2,1-4H3,(H2,26,27,28,29,33). The summed E-state index contributed by atoms with van der Waals surface area (Å²) in [5.41, 5.74) is 2.01. The van der Waals surface area contributed by atoms with Crippen LogP contribution >= 0.6 is 15.9 Å². The maximum absolute atomic E-state index is 11.8. The zero-order chi connectivity index (χ0) is 26.6. The zero-order valence-corrected chi connectivity index (χ0v) is 22.7. The second-order valence-corrected chi connectivity index (χ2v) is 9.30. The molecule has 3 aromatic rings. The molecule has 1 amide bonds. The first-order chi connectivity index (χ1) is 17.8. The van der Waals surface area contributed by atoms with Gasteiger partial charge in [0.1, 0.15) is 16.8 Å². The summed E-state index contributed by atoms with van der Waals surface area (Å²) in [5, 5.41) is 10.5. The second-order valence-electron chi connectivity index (χ2n) is 8.55. The van der Waals surface area contributed by atoms with Gasteiger partial charge in [-0.1, -0.05) is 25.5 Å². The van der Waals surface area contributed by atoms with Gasteiger partial charge in [0.2, 0.25) is 5.95 Å². The third kappa shape index (κ3) is 5.62. The van der Waals surface area contributed by atoms with Crippen molar-refractivity contribution in [2.75, 3.05) is 44.6 Å². The minimum atomic E-state index is -0.813. The Morgan fingerprint density at radius 1 is 1.24 bits per heavy atom. The number of carbonyl (C=O) groups is 2. The van der Waals surface area contributed by atoms with Gasteiger partial charge in [-0.25, -0.2) is 9.78 Å². The number of hydrogen-bond donors (Lipinski definition) is 2. The fourth-order valence-corrected chi connectivity index (χ4v) is 4.50. The van der Waals surface area contributed by atoms with Crippen LogP contribution in [0.15, 0.2) is 22.8 Å². The molecule has 0 saturated carbocycles. The Hall–Kier alpha value is -3.45. The molecule has 1 saturated heterocycles. The predicted octanol–water partition coefficient (Wildman–Crippen LogP) is 3.82. The molecule has 1 aromatic carbocycles. The van der Waals surface area contributed by atoms with E-state index in [1.54, 1.807) is 11.8 Å². The summed E-state index contributed by atoms with van der Waals surface area (Å²) >= 11 is 3.49. The smallest absolute Gasteiger partial charge is 0.413 e. The van der Waals surface area contributed by atoms with E-state index in [1.807, 2.05) is 18.2 Å². The number of rotatable bonds is 10. The quantitative estimate of drug-likeness (QED) is 0.270. The van der Waals surface area contributed by atoms with Crippen molar-refractivity contribution in [2.24, 2.45) is 0 Å². The van der Waals surface area contributed by atoms with E-state index in [4.69, 9.17) is 14.2 Å². The van der Waals surface area contributed by atoms with Crippen LogP contribution in [-0.2, 0) is 31.2 Å². The number of methoxy groups -OCH3 is 2. The molecule has 3 heterocycles. The van der Waals surface area contributed by atoms with Crippen molar-refractivity contribution >= 4 is 50.8 Å². The minimum Gasteiger partial charge on any atom is -0.496 e. The molecule has 1 aliphatic heterocycles. The van der Waals surface area contributed by atoms with Crippen LogP contribution in [0.2, 0.25) is 0 Å². The molecule has 0 bridgehead atoms. The Kier molecular flexibility index (Phi) is 8.13. The summed E-state index contributed by atoms with van der Waals surface area (Å²) < 4.78 is 23.6. The molecular formula is C24H29BrN6O6. The summed E-state index contributed by atoms with van der Waals surface area (Å²) in [6, 6.07) is 5.67. The van der Waals surface area contributed by atoms with Gasteiger partial charge in [-0.05, 0) is 28.4 Å². The summed E-state index contributed by atoms with van der Waals surface area (Å²) in [5.74, 6) is 0.863. The first kappa shape index (κ1) is 26.6. The molecule has 198 valence electrons. The van der Waals surface area contributed by atoms with E-state index in [0.29, 0.717) is 40.3 Å². The third-order valence-corrected chi connectivity index (χ3v) is 6.45. The molecule has 37 heavy (non-hydrogen) atoms. The minimum absolute atomic E-state index is 0.0963. The number of aromatic nitrogens is 4. The van der Waals surface area contributed by atoms with Crippen molar-refractivity contribution in [2.45, 2.75) is 38.8 Å². The fraction of sp³-hybridized carbons (Fsp3) is 0.458. The van der Waals surface area contributed by atoms with Crippen molar-refractivity contribution in [1.82, 2.24) is 19.7 Å². The lowest BCUT2D eigenvalue weighted by Crippen LogP contribution is -2.49. The van der Waals surface area contributed by atoms with E-state index in [9.17, 15) is 9.59 Å². The number of benzene rings is 1. The van der Waals surface area contributed by atoms with Crippen molar-refractivity contribution < 1.29 is 28.5 Å². The molecule has 2 N–H and O–H groups in total. The molecule has 0 atom stereocenters. The molecule has 0 unspecified atom stereocenters. The average Bonchev–Trinajstić information content (AvgIpc) is 3.16. The molecule has 0 spiro atoms. The Bertz CT molecular complexity index is 1310. The van der Waals surface area contributed by atoms with Crippen LogP contribution in [0.1, 0.15) is 37.8 Å². The number of unbranched alkanes of at least 4 members (excludes halogenated alkanes) is 1. The summed E-state index contributed by atoms with van der Waals surface area (Å²) in [4.78, 5) is 32.4. The van der Waals surface area contributed by atoms with Crippen LogP contribution in [0.5, 0.6) is 5.75 Å². The Morgan fingerprint density at radius 2 is 2.03 bits per heavy atom. The third-order valence-electron chi connectivity index (χ3n) is 5.91. The number of halogens is 1. The summed E-state index contributed by atoms with van der Waals surface area (Å²) in [7, 11) is 2.86. The van der Waals surface area contributed by atoms with Gasteiger partial charge in [0.05, 0.1) is 34.0 Å². The fourth-order valence-electron chi connectivity index (χ4n) is 4.03. The highest BCUT2D eigenvalue weighted by Gasteiger charge is 2.44. The van der Waals surface area contributed by atoms with Crippen molar-refractivity contribution in [1.29, 1.82) is 0 Å². The monoisotopic (exact) mass is 576 g/mol. The average molecular weight is 577 g/mol. The van der Waals surface area contributed by atoms with Gasteiger partial charge < -0.3 is 24.3 Å². The topological polar surface area (TPSA) is 139 Å². The summed E-state index contributed by atoms with van der Waals surface area (Å²) in [6.07, 6.45) is 1.26. The van der Waals surface area contributed by atoms with Crippen LogP contribution in [-0.4, -0.2) is 65.8 Å². The maximum Gasteiger partial charge on any atom is 0.413 e. The number of nitrogens with zero attached hydrogens (tertiary/aromatic N) is 4. The van der Waals surface area contributed by atoms with Crippen LogP contribution in [0.3, 0.4) is 0 Å². The van der Waals surface area contributed by atoms with Gasteiger partial charge in [-0.2, -0.15) is 10.1 Å². The number of ether oxygens (including phenoxy) is 4. The molecule has 2 aromatic heterocycles. The molecule has 1 aliphatic rings. The maximum atomic E-state index is 11.8. The summed E-state index contributed by atoms with van der Waals surface area (Å²) in [6.45, 7) is 5.08. The van der Waals surface area contributed by atoms with Crippen LogP contribution in [0.4, 0.5) is 16.6 Å². The lowest BCUT2D eigenvalue weighted by atomic mass is 9.90. The van der Waals surface area contributed by atoms with Crippen molar-refractivity contribution in [3.05, 3.63) is 33.9 Å². The first-order valence-corrected chi connectivity index (χ1v) is 12.6. The van der Waals surface area contributed by atoms with Crippen LogP contribution < -0.4 is 15.4 Å². The SMILES string of the molecule is CCCCNc1nc(NC(=O)OC)nc2c(Br)nn(Cc3ccc(C4(OC(C)=O)COC4)cc3OC)c12. The second kappa shape index (κ2) is 11.3. The highest BCUT2D eigenvalue weighted by atomic mass is 79.9. The number of nitrogens with one attached hydrogen (secondary N) is 2. The number of carbonyl (C=O) groups excluding carboxylic acids is 2. The van der Waals surface area contributed by atoms with E-state index < -0.39 is 11.7 Å². The number of amides is 1.